The standard InChI is InChI=1S/C10H10F3N3O2/c1-5-6(2)9(18)16(15-8(5)17)4-7(3-14)10(11,12)13/h7H,4H2,1-2H3,(H,15,17). The number of halogens is 3. The lowest BCUT2D eigenvalue weighted by atomic mass is 10.1. The van der Waals surface area contributed by atoms with Gasteiger partial charge in [0.15, 0.2) is 5.92 Å². The summed E-state index contributed by atoms with van der Waals surface area (Å²) in [6.45, 7) is 1.82. The molecule has 0 aliphatic rings. The molecule has 0 saturated heterocycles. The Hall–Kier alpha value is -2.04. The third-order valence-electron chi connectivity index (χ3n) is 2.62. The van der Waals surface area contributed by atoms with Crippen molar-refractivity contribution >= 4 is 0 Å². The maximum Gasteiger partial charge on any atom is 0.406 e. The Morgan fingerprint density at radius 1 is 1.33 bits per heavy atom. The summed E-state index contributed by atoms with van der Waals surface area (Å²) < 4.78 is 37.7. The van der Waals surface area contributed by atoms with E-state index in [2.05, 4.69) is 0 Å². The van der Waals surface area contributed by atoms with Gasteiger partial charge >= 0.3 is 6.18 Å². The van der Waals surface area contributed by atoms with Crippen molar-refractivity contribution in [1.29, 1.82) is 5.26 Å². The third-order valence-corrected chi connectivity index (χ3v) is 2.62. The van der Waals surface area contributed by atoms with E-state index in [1.165, 1.54) is 13.8 Å². The second-order valence-electron chi connectivity index (χ2n) is 3.83. The molecule has 0 spiro atoms. The molecule has 1 atom stereocenters. The van der Waals surface area contributed by atoms with Crippen LogP contribution in [-0.2, 0) is 6.54 Å². The smallest absolute Gasteiger partial charge is 0.268 e. The highest BCUT2D eigenvalue weighted by atomic mass is 19.4. The Bertz CT molecular complexity index is 607. The normalized spacial score (nSPS) is 13.1. The predicted molar refractivity (Wildman–Crippen MR) is 56.0 cm³/mol. The summed E-state index contributed by atoms with van der Waals surface area (Å²) in [6.07, 6.45) is -4.75. The van der Waals surface area contributed by atoms with Crippen LogP contribution in [0.3, 0.4) is 0 Å². The predicted octanol–water partition coefficient (Wildman–Crippen LogP) is 0.856. The quantitative estimate of drug-likeness (QED) is 0.857. The van der Waals surface area contributed by atoms with Crippen molar-refractivity contribution in [3.8, 4) is 6.07 Å². The molecule has 1 N–H and O–H groups in total. The molecular weight excluding hydrogens is 251 g/mol. The van der Waals surface area contributed by atoms with E-state index in [0.717, 1.165) is 6.07 Å². The van der Waals surface area contributed by atoms with Crippen LogP contribution in [-0.4, -0.2) is 16.0 Å². The molecule has 0 bridgehead atoms. The first-order valence-electron chi connectivity index (χ1n) is 4.95. The number of hydrogen-bond donors (Lipinski definition) is 1. The van der Waals surface area contributed by atoms with Crippen LogP contribution in [0.25, 0.3) is 0 Å². The van der Waals surface area contributed by atoms with Crippen LogP contribution in [0.4, 0.5) is 13.2 Å². The Labute approximate surface area is 99.5 Å². The van der Waals surface area contributed by atoms with Gasteiger partial charge in [-0.25, -0.2) is 4.68 Å². The van der Waals surface area contributed by atoms with Crippen LogP contribution in [0.2, 0.25) is 0 Å². The number of aromatic amines is 1. The Morgan fingerprint density at radius 3 is 2.33 bits per heavy atom. The topological polar surface area (TPSA) is 78.7 Å². The fourth-order valence-corrected chi connectivity index (χ4v) is 1.32. The second-order valence-corrected chi connectivity index (χ2v) is 3.83. The number of alkyl halides is 3. The van der Waals surface area contributed by atoms with E-state index in [-0.39, 0.29) is 11.1 Å². The minimum Gasteiger partial charge on any atom is -0.268 e. The van der Waals surface area contributed by atoms with Crippen LogP contribution in [0, 0.1) is 31.1 Å². The summed E-state index contributed by atoms with van der Waals surface area (Å²) in [4.78, 5) is 23.0. The zero-order valence-electron chi connectivity index (χ0n) is 9.63. The van der Waals surface area contributed by atoms with Gasteiger partial charge in [-0.3, -0.25) is 14.7 Å². The number of nitrogens with zero attached hydrogens (tertiary/aromatic N) is 2. The fourth-order valence-electron chi connectivity index (χ4n) is 1.32. The van der Waals surface area contributed by atoms with Gasteiger partial charge in [0, 0.05) is 11.1 Å². The van der Waals surface area contributed by atoms with Crippen molar-refractivity contribution in [3.05, 3.63) is 31.8 Å². The minimum absolute atomic E-state index is 0.0672. The molecule has 0 aliphatic carbocycles. The molecule has 1 aromatic heterocycles. The van der Waals surface area contributed by atoms with Gasteiger partial charge in [0.05, 0.1) is 12.6 Å². The lowest BCUT2D eigenvalue weighted by Gasteiger charge is -2.15. The van der Waals surface area contributed by atoms with Crippen molar-refractivity contribution < 1.29 is 13.2 Å². The summed E-state index contributed by atoms with van der Waals surface area (Å²) in [5.74, 6) is -2.34. The second kappa shape index (κ2) is 4.68. The molecule has 1 rings (SSSR count). The zero-order chi connectivity index (χ0) is 14.1. The first kappa shape index (κ1) is 14.0. The molecule has 0 aliphatic heterocycles. The van der Waals surface area contributed by atoms with E-state index in [4.69, 9.17) is 5.26 Å². The lowest BCUT2D eigenvalue weighted by Crippen LogP contribution is -2.37. The molecule has 5 nitrogen and oxygen atoms in total. The molecule has 0 fully saturated rings. The van der Waals surface area contributed by atoms with Crippen LogP contribution < -0.4 is 11.1 Å². The van der Waals surface area contributed by atoms with E-state index in [1.807, 2.05) is 5.10 Å². The van der Waals surface area contributed by atoms with Gasteiger partial charge in [0.25, 0.3) is 11.1 Å². The van der Waals surface area contributed by atoms with Gasteiger partial charge in [-0.1, -0.05) is 0 Å². The van der Waals surface area contributed by atoms with Crippen LogP contribution >= 0.6 is 0 Å². The minimum atomic E-state index is -4.75. The van der Waals surface area contributed by atoms with Crippen LogP contribution in [0.1, 0.15) is 11.1 Å². The highest BCUT2D eigenvalue weighted by Gasteiger charge is 2.40. The number of nitrogens with one attached hydrogen (secondary N) is 1. The van der Waals surface area contributed by atoms with Gasteiger partial charge in [-0.05, 0) is 13.8 Å². The van der Waals surface area contributed by atoms with Crippen molar-refractivity contribution in [2.75, 3.05) is 0 Å². The molecule has 1 unspecified atom stereocenters. The molecule has 1 heterocycles. The number of aromatic nitrogens is 2. The van der Waals surface area contributed by atoms with E-state index in [1.54, 1.807) is 0 Å². The molecule has 1 aromatic rings. The average molecular weight is 261 g/mol. The monoisotopic (exact) mass is 261 g/mol. The molecule has 8 heteroatoms. The highest BCUT2D eigenvalue weighted by molar-refractivity contribution is 5.17. The van der Waals surface area contributed by atoms with Crippen molar-refractivity contribution in [3.63, 3.8) is 0 Å². The third kappa shape index (κ3) is 2.61. The summed E-state index contributed by atoms with van der Waals surface area (Å²) >= 11 is 0. The number of H-pyrrole nitrogens is 1. The van der Waals surface area contributed by atoms with Gasteiger partial charge in [0.2, 0.25) is 0 Å². The Kier molecular flexibility index (Phi) is 3.65. The fraction of sp³-hybridized carbons (Fsp3) is 0.500. The van der Waals surface area contributed by atoms with E-state index in [0.29, 0.717) is 4.68 Å². The first-order chi connectivity index (χ1) is 8.18. The summed E-state index contributed by atoms with van der Waals surface area (Å²) in [5, 5.41) is 10.4. The molecule has 0 amide bonds. The largest absolute Gasteiger partial charge is 0.406 e. The number of rotatable bonds is 2. The van der Waals surface area contributed by atoms with Crippen molar-refractivity contribution in [1.82, 2.24) is 9.78 Å². The maximum absolute atomic E-state index is 12.4. The highest BCUT2D eigenvalue weighted by Crippen LogP contribution is 2.26. The molecular formula is C10H10F3N3O2. The van der Waals surface area contributed by atoms with Crippen LogP contribution in [0.5, 0.6) is 0 Å². The van der Waals surface area contributed by atoms with Gasteiger partial charge in [-0.2, -0.15) is 18.4 Å². The number of nitriles is 1. The first-order valence-corrected chi connectivity index (χ1v) is 4.95. The lowest BCUT2D eigenvalue weighted by molar-refractivity contribution is -0.162. The van der Waals surface area contributed by atoms with Gasteiger partial charge < -0.3 is 0 Å². The van der Waals surface area contributed by atoms with E-state index >= 15 is 0 Å². The molecule has 0 radical (unpaired) electrons. The average Bonchev–Trinajstić information content (AvgIpc) is 2.27. The zero-order valence-corrected chi connectivity index (χ0v) is 9.63. The molecule has 0 saturated carbocycles. The van der Waals surface area contributed by atoms with E-state index < -0.39 is 29.8 Å². The van der Waals surface area contributed by atoms with E-state index in [9.17, 15) is 22.8 Å². The molecule has 0 aromatic carbocycles. The maximum atomic E-state index is 12.4. The van der Waals surface area contributed by atoms with Gasteiger partial charge in [0.1, 0.15) is 0 Å². The number of hydrogen-bond acceptors (Lipinski definition) is 3. The molecule has 98 valence electrons. The van der Waals surface area contributed by atoms with Crippen molar-refractivity contribution in [2.24, 2.45) is 5.92 Å². The molecule has 18 heavy (non-hydrogen) atoms. The Morgan fingerprint density at radius 2 is 1.89 bits per heavy atom. The summed E-state index contributed by atoms with van der Waals surface area (Å²) in [7, 11) is 0. The van der Waals surface area contributed by atoms with Crippen molar-refractivity contribution in [2.45, 2.75) is 26.6 Å². The van der Waals surface area contributed by atoms with Gasteiger partial charge in [-0.15, -0.1) is 0 Å². The summed E-state index contributed by atoms with van der Waals surface area (Å²) in [5.41, 5.74) is -1.17. The van der Waals surface area contributed by atoms with Crippen LogP contribution in [0.15, 0.2) is 9.59 Å². The SMILES string of the molecule is Cc1c(C)c(=O)n(CC(C#N)C(F)(F)F)[nH]c1=O. The summed E-state index contributed by atoms with van der Waals surface area (Å²) in [6, 6.07) is 1.06. The Balaban J connectivity index is 3.26.